The van der Waals surface area contributed by atoms with Crippen molar-refractivity contribution in [2.24, 2.45) is 11.7 Å². The molecule has 0 heterocycles. The molecule has 1 aromatic carbocycles. The summed E-state index contributed by atoms with van der Waals surface area (Å²) in [6.07, 6.45) is 2.67. The average Bonchev–Trinajstić information content (AvgIpc) is 3.21. The van der Waals surface area contributed by atoms with Crippen molar-refractivity contribution in [1.29, 1.82) is 0 Å². The lowest BCUT2D eigenvalue weighted by Crippen LogP contribution is -2.38. The van der Waals surface area contributed by atoms with Crippen LogP contribution in [0.2, 0.25) is 5.02 Å². The Balaban J connectivity index is 1.87. The Hall–Kier alpha value is -0.610. The Labute approximate surface area is 127 Å². The molecular weight excluding hydrogens is 272 g/mol. The normalized spacial score (nSPS) is 18.2. The van der Waals surface area contributed by atoms with Gasteiger partial charge in [-0.15, -0.1) is 0 Å². The third kappa shape index (κ3) is 4.74. The third-order valence-corrected chi connectivity index (χ3v) is 4.08. The van der Waals surface area contributed by atoms with E-state index in [9.17, 15) is 0 Å². The van der Waals surface area contributed by atoms with Crippen LogP contribution < -0.4 is 5.73 Å². The van der Waals surface area contributed by atoms with Gasteiger partial charge in [0.05, 0.1) is 6.61 Å². The molecule has 2 N–H and O–H groups in total. The first-order valence-corrected chi connectivity index (χ1v) is 7.74. The van der Waals surface area contributed by atoms with Crippen LogP contribution in [0.5, 0.6) is 0 Å². The molecule has 2 atom stereocenters. The minimum atomic E-state index is 0.0598. The van der Waals surface area contributed by atoms with E-state index in [4.69, 9.17) is 22.1 Å². The fourth-order valence-corrected chi connectivity index (χ4v) is 2.63. The summed E-state index contributed by atoms with van der Waals surface area (Å²) in [6.45, 7) is 4.61. The quantitative estimate of drug-likeness (QED) is 0.749. The number of halogens is 1. The first-order chi connectivity index (χ1) is 9.58. The molecule has 4 heteroatoms. The molecule has 1 fully saturated rings. The lowest BCUT2D eigenvalue weighted by molar-refractivity contribution is 0.0875. The van der Waals surface area contributed by atoms with E-state index in [1.54, 1.807) is 0 Å². The van der Waals surface area contributed by atoms with E-state index in [0.29, 0.717) is 0 Å². The number of nitrogens with zero attached hydrogens (tertiary/aromatic N) is 1. The molecule has 0 spiro atoms. The molecule has 2 rings (SSSR count). The molecule has 0 saturated heterocycles. The van der Waals surface area contributed by atoms with Crippen LogP contribution in [-0.2, 0) is 4.74 Å². The number of likely N-dealkylation sites (N-methyl/N-ethyl adjacent to an activating group) is 1. The van der Waals surface area contributed by atoms with Crippen molar-refractivity contribution in [3.8, 4) is 0 Å². The van der Waals surface area contributed by atoms with Crippen molar-refractivity contribution in [2.45, 2.75) is 31.8 Å². The largest absolute Gasteiger partial charge is 0.380 e. The Morgan fingerprint density at radius 1 is 1.35 bits per heavy atom. The molecule has 0 aliphatic heterocycles. The highest BCUT2D eigenvalue weighted by Crippen LogP contribution is 2.29. The molecule has 1 aliphatic rings. The maximum Gasteiger partial charge on any atom is 0.0593 e. The van der Waals surface area contributed by atoms with Crippen molar-refractivity contribution in [3.63, 3.8) is 0 Å². The Bertz CT molecular complexity index is 403. The summed E-state index contributed by atoms with van der Waals surface area (Å²) in [6, 6.07) is 8.20. The van der Waals surface area contributed by atoms with Gasteiger partial charge < -0.3 is 10.5 Å². The van der Waals surface area contributed by atoms with Gasteiger partial charge in [0.25, 0.3) is 0 Å². The average molecular weight is 297 g/mol. The van der Waals surface area contributed by atoms with Gasteiger partial charge >= 0.3 is 0 Å². The second-order valence-electron chi connectivity index (χ2n) is 5.85. The van der Waals surface area contributed by atoms with Gasteiger partial charge in [0.15, 0.2) is 0 Å². The Morgan fingerprint density at radius 3 is 2.55 bits per heavy atom. The van der Waals surface area contributed by atoms with Crippen molar-refractivity contribution >= 4 is 11.6 Å². The minimum absolute atomic E-state index is 0.0598. The predicted molar refractivity (Wildman–Crippen MR) is 84.0 cm³/mol. The van der Waals surface area contributed by atoms with Gasteiger partial charge in [0, 0.05) is 30.3 Å². The number of nitrogens with two attached hydrogens (primary N) is 1. The summed E-state index contributed by atoms with van der Waals surface area (Å²) >= 11 is 5.95. The maximum atomic E-state index is 6.15. The SMILES string of the molecule is CC(N)C(c1ccc(Cl)cc1)N(C)CCOCC1CC1. The molecule has 0 radical (unpaired) electrons. The van der Waals surface area contributed by atoms with Gasteiger partial charge in [0.1, 0.15) is 0 Å². The molecule has 1 aliphatic carbocycles. The molecule has 0 bridgehead atoms. The van der Waals surface area contributed by atoms with Gasteiger partial charge in [-0.3, -0.25) is 4.90 Å². The zero-order valence-corrected chi connectivity index (χ0v) is 13.1. The first-order valence-electron chi connectivity index (χ1n) is 7.37. The van der Waals surface area contributed by atoms with Crippen LogP contribution in [0.25, 0.3) is 0 Å². The summed E-state index contributed by atoms with van der Waals surface area (Å²) in [5, 5.41) is 0.757. The van der Waals surface area contributed by atoms with E-state index < -0.39 is 0 Å². The summed E-state index contributed by atoms with van der Waals surface area (Å²) in [5.41, 5.74) is 7.36. The van der Waals surface area contributed by atoms with Crippen LogP contribution in [0.3, 0.4) is 0 Å². The van der Waals surface area contributed by atoms with E-state index in [2.05, 4.69) is 24.1 Å². The van der Waals surface area contributed by atoms with Crippen molar-refractivity contribution < 1.29 is 4.74 Å². The van der Waals surface area contributed by atoms with Crippen molar-refractivity contribution in [1.82, 2.24) is 4.90 Å². The second kappa shape index (κ2) is 7.41. The minimum Gasteiger partial charge on any atom is -0.380 e. The smallest absolute Gasteiger partial charge is 0.0593 e. The maximum absolute atomic E-state index is 6.15. The summed E-state index contributed by atoms with van der Waals surface area (Å²) in [4.78, 5) is 2.26. The highest BCUT2D eigenvalue weighted by atomic mass is 35.5. The molecule has 1 saturated carbocycles. The molecule has 112 valence electrons. The number of benzene rings is 1. The van der Waals surface area contributed by atoms with Crippen LogP contribution in [0.15, 0.2) is 24.3 Å². The summed E-state index contributed by atoms with van der Waals surface area (Å²) < 4.78 is 5.71. The third-order valence-electron chi connectivity index (χ3n) is 3.82. The van der Waals surface area contributed by atoms with Crippen LogP contribution in [0, 0.1) is 5.92 Å². The summed E-state index contributed by atoms with van der Waals surface area (Å²) in [5.74, 6) is 0.820. The van der Waals surface area contributed by atoms with Gasteiger partial charge in [-0.2, -0.15) is 0 Å². The topological polar surface area (TPSA) is 38.5 Å². The molecule has 1 aromatic rings. The molecule has 0 aromatic heterocycles. The van der Waals surface area contributed by atoms with Gasteiger partial charge in [0.2, 0.25) is 0 Å². The number of ether oxygens (including phenoxy) is 1. The highest BCUT2D eigenvalue weighted by Gasteiger charge is 2.23. The zero-order chi connectivity index (χ0) is 14.5. The number of hydrogen-bond donors (Lipinski definition) is 1. The van der Waals surface area contributed by atoms with Crippen molar-refractivity contribution in [3.05, 3.63) is 34.9 Å². The van der Waals surface area contributed by atoms with Gasteiger partial charge in [-0.05, 0) is 50.4 Å². The van der Waals surface area contributed by atoms with E-state index in [1.807, 2.05) is 19.1 Å². The summed E-state index contributed by atoms with van der Waals surface area (Å²) in [7, 11) is 2.10. The van der Waals surface area contributed by atoms with Crippen LogP contribution in [0.4, 0.5) is 0 Å². The van der Waals surface area contributed by atoms with Crippen molar-refractivity contribution in [2.75, 3.05) is 26.8 Å². The second-order valence-corrected chi connectivity index (χ2v) is 6.29. The molecular formula is C16H25ClN2O. The monoisotopic (exact) mass is 296 g/mol. The standard InChI is InChI=1S/C16H25ClN2O/c1-12(18)16(14-5-7-15(17)8-6-14)19(2)9-10-20-11-13-3-4-13/h5-8,12-13,16H,3-4,9-11,18H2,1-2H3. The highest BCUT2D eigenvalue weighted by molar-refractivity contribution is 6.30. The fraction of sp³-hybridized carbons (Fsp3) is 0.625. The Kier molecular flexibility index (Phi) is 5.85. The predicted octanol–water partition coefficient (Wildman–Crippen LogP) is 3.09. The van der Waals surface area contributed by atoms with E-state index in [1.165, 1.54) is 18.4 Å². The van der Waals surface area contributed by atoms with E-state index in [0.717, 1.165) is 30.7 Å². The molecule has 2 unspecified atom stereocenters. The number of hydrogen-bond acceptors (Lipinski definition) is 3. The molecule has 20 heavy (non-hydrogen) atoms. The number of rotatable bonds is 8. The lowest BCUT2D eigenvalue weighted by atomic mass is 10.00. The van der Waals surface area contributed by atoms with Gasteiger partial charge in [-0.1, -0.05) is 23.7 Å². The van der Waals surface area contributed by atoms with Crippen LogP contribution >= 0.6 is 11.6 Å². The first kappa shape index (κ1) is 15.8. The van der Waals surface area contributed by atoms with E-state index >= 15 is 0 Å². The Morgan fingerprint density at radius 2 is 2.00 bits per heavy atom. The zero-order valence-electron chi connectivity index (χ0n) is 12.4. The van der Waals surface area contributed by atoms with Crippen LogP contribution in [-0.4, -0.2) is 37.7 Å². The molecule has 3 nitrogen and oxygen atoms in total. The molecule has 0 amide bonds. The fourth-order valence-electron chi connectivity index (χ4n) is 2.50. The van der Waals surface area contributed by atoms with E-state index in [-0.39, 0.29) is 12.1 Å². The van der Waals surface area contributed by atoms with Gasteiger partial charge in [-0.25, -0.2) is 0 Å². The van der Waals surface area contributed by atoms with Crippen LogP contribution in [0.1, 0.15) is 31.4 Å². The lowest BCUT2D eigenvalue weighted by Gasteiger charge is -2.31.